The molecule has 1 fully saturated rings. The van der Waals surface area contributed by atoms with E-state index in [4.69, 9.17) is 0 Å². The van der Waals surface area contributed by atoms with Crippen molar-refractivity contribution in [2.24, 2.45) is 5.92 Å². The summed E-state index contributed by atoms with van der Waals surface area (Å²) in [5, 5.41) is 12.9. The lowest BCUT2D eigenvalue weighted by Crippen LogP contribution is -2.26. The Bertz CT molecular complexity index is 361. The molecule has 0 atom stereocenters. The molecule has 0 spiro atoms. The van der Waals surface area contributed by atoms with E-state index in [2.05, 4.69) is 15.5 Å². The number of anilines is 1. The number of hydrogen-bond donors (Lipinski definition) is 1. The quantitative estimate of drug-likeness (QED) is 0.619. The maximum absolute atomic E-state index is 4.19. The Morgan fingerprint density at radius 2 is 2.05 bits per heavy atom. The Morgan fingerprint density at radius 3 is 2.74 bits per heavy atom. The Labute approximate surface area is 124 Å². The molecule has 0 aromatic carbocycles. The Kier molecular flexibility index (Phi) is 6.40. The van der Waals surface area contributed by atoms with Crippen molar-refractivity contribution in [1.29, 1.82) is 0 Å². The SMILES string of the molecule is CN(C)c1nnc(SCCNCC2CCCCC2)s1. The fourth-order valence-corrected chi connectivity index (χ4v) is 4.08. The molecule has 0 unspecified atom stereocenters. The van der Waals surface area contributed by atoms with Crippen LogP contribution in [0.2, 0.25) is 0 Å². The lowest BCUT2D eigenvalue weighted by Gasteiger charge is -2.21. The molecular formula is C13H24N4S2. The highest BCUT2D eigenvalue weighted by Gasteiger charge is 2.12. The van der Waals surface area contributed by atoms with Crippen molar-refractivity contribution in [3.05, 3.63) is 0 Å². The maximum atomic E-state index is 4.19. The van der Waals surface area contributed by atoms with Gasteiger partial charge in [-0.15, -0.1) is 10.2 Å². The van der Waals surface area contributed by atoms with Crippen LogP contribution >= 0.6 is 23.1 Å². The van der Waals surface area contributed by atoms with Crippen molar-refractivity contribution >= 4 is 28.2 Å². The summed E-state index contributed by atoms with van der Waals surface area (Å²) in [6, 6.07) is 0. The number of nitrogens with one attached hydrogen (secondary N) is 1. The molecule has 2 rings (SSSR count). The van der Waals surface area contributed by atoms with Crippen molar-refractivity contribution in [2.45, 2.75) is 36.4 Å². The molecule has 1 N–H and O–H groups in total. The van der Waals surface area contributed by atoms with Crippen LogP contribution in [0.1, 0.15) is 32.1 Å². The second-order valence-electron chi connectivity index (χ2n) is 5.30. The molecule has 0 bridgehead atoms. The molecule has 1 aromatic rings. The van der Waals surface area contributed by atoms with Crippen molar-refractivity contribution in [3.63, 3.8) is 0 Å². The van der Waals surface area contributed by atoms with Crippen molar-refractivity contribution in [1.82, 2.24) is 15.5 Å². The summed E-state index contributed by atoms with van der Waals surface area (Å²) in [5.74, 6) is 2.00. The number of aromatic nitrogens is 2. The van der Waals surface area contributed by atoms with Gasteiger partial charge in [0.2, 0.25) is 5.13 Å². The van der Waals surface area contributed by atoms with Gasteiger partial charge in [-0.05, 0) is 25.3 Å². The largest absolute Gasteiger partial charge is 0.353 e. The van der Waals surface area contributed by atoms with Gasteiger partial charge in [-0.3, -0.25) is 0 Å². The molecular weight excluding hydrogens is 276 g/mol. The topological polar surface area (TPSA) is 41.1 Å². The highest BCUT2D eigenvalue weighted by atomic mass is 32.2. The van der Waals surface area contributed by atoms with E-state index in [0.717, 1.165) is 27.7 Å². The minimum Gasteiger partial charge on any atom is -0.353 e. The van der Waals surface area contributed by atoms with Gasteiger partial charge in [-0.1, -0.05) is 42.4 Å². The fourth-order valence-electron chi connectivity index (χ4n) is 2.35. The van der Waals surface area contributed by atoms with Gasteiger partial charge >= 0.3 is 0 Å². The third-order valence-corrected chi connectivity index (χ3v) is 5.67. The van der Waals surface area contributed by atoms with Gasteiger partial charge in [0.25, 0.3) is 0 Å². The highest BCUT2D eigenvalue weighted by molar-refractivity contribution is 8.01. The first-order valence-electron chi connectivity index (χ1n) is 7.10. The van der Waals surface area contributed by atoms with Crippen molar-refractivity contribution in [3.8, 4) is 0 Å². The normalized spacial score (nSPS) is 16.7. The van der Waals surface area contributed by atoms with Crippen LogP contribution in [0.25, 0.3) is 0 Å². The summed E-state index contributed by atoms with van der Waals surface area (Å²) in [4.78, 5) is 2.00. The third-order valence-electron chi connectivity index (χ3n) is 3.44. The molecule has 1 aromatic heterocycles. The first kappa shape index (κ1) is 15.1. The molecule has 0 amide bonds. The van der Waals surface area contributed by atoms with Gasteiger partial charge in [0, 0.05) is 26.4 Å². The predicted octanol–water partition coefficient (Wildman–Crippen LogP) is 2.87. The van der Waals surface area contributed by atoms with E-state index in [-0.39, 0.29) is 0 Å². The van der Waals surface area contributed by atoms with Gasteiger partial charge in [-0.25, -0.2) is 0 Å². The fraction of sp³-hybridized carbons (Fsp3) is 0.846. The first-order chi connectivity index (χ1) is 9.25. The van der Waals surface area contributed by atoms with Gasteiger partial charge in [0.05, 0.1) is 0 Å². The molecule has 1 heterocycles. The second kappa shape index (κ2) is 8.07. The monoisotopic (exact) mass is 300 g/mol. The van der Waals surface area contributed by atoms with Gasteiger partial charge in [0.15, 0.2) is 4.34 Å². The molecule has 108 valence electrons. The van der Waals surface area contributed by atoms with Crippen LogP contribution in [0.15, 0.2) is 4.34 Å². The van der Waals surface area contributed by atoms with Crippen LogP contribution in [-0.2, 0) is 0 Å². The van der Waals surface area contributed by atoms with E-state index in [9.17, 15) is 0 Å². The summed E-state index contributed by atoms with van der Waals surface area (Å²) < 4.78 is 1.07. The molecule has 0 radical (unpaired) electrons. The zero-order valence-corrected chi connectivity index (χ0v) is 13.5. The second-order valence-corrected chi connectivity index (χ2v) is 7.60. The molecule has 19 heavy (non-hydrogen) atoms. The van der Waals surface area contributed by atoms with Crippen LogP contribution in [0, 0.1) is 5.92 Å². The standard InChI is InChI=1S/C13H24N4S2/c1-17(2)12-15-16-13(19-12)18-9-8-14-10-11-6-4-3-5-7-11/h11,14H,3-10H2,1-2H3. The minimum atomic E-state index is 0.917. The lowest BCUT2D eigenvalue weighted by atomic mass is 9.89. The predicted molar refractivity (Wildman–Crippen MR) is 84.4 cm³/mol. The zero-order valence-electron chi connectivity index (χ0n) is 11.9. The Balaban J connectivity index is 1.55. The molecule has 1 aliphatic carbocycles. The van der Waals surface area contributed by atoms with Crippen LogP contribution in [0.4, 0.5) is 5.13 Å². The summed E-state index contributed by atoms with van der Waals surface area (Å²) in [5.41, 5.74) is 0. The van der Waals surface area contributed by atoms with Crippen LogP contribution < -0.4 is 10.2 Å². The minimum absolute atomic E-state index is 0.917. The average molecular weight is 300 g/mol. The van der Waals surface area contributed by atoms with E-state index in [0.29, 0.717) is 0 Å². The number of rotatable bonds is 7. The summed E-state index contributed by atoms with van der Waals surface area (Å²) in [7, 11) is 4.00. The molecule has 1 aliphatic rings. The van der Waals surface area contributed by atoms with Crippen molar-refractivity contribution < 1.29 is 0 Å². The first-order valence-corrected chi connectivity index (χ1v) is 8.90. The van der Waals surface area contributed by atoms with Gasteiger partial charge < -0.3 is 10.2 Å². The molecule has 6 heteroatoms. The highest BCUT2D eigenvalue weighted by Crippen LogP contribution is 2.26. The van der Waals surface area contributed by atoms with E-state index in [1.807, 2.05) is 19.0 Å². The van der Waals surface area contributed by atoms with Gasteiger partial charge in [-0.2, -0.15) is 0 Å². The Morgan fingerprint density at radius 1 is 1.26 bits per heavy atom. The van der Waals surface area contributed by atoms with E-state index >= 15 is 0 Å². The maximum Gasteiger partial charge on any atom is 0.208 e. The van der Waals surface area contributed by atoms with Crippen LogP contribution in [-0.4, -0.2) is 43.1 Å². The smallest absolute Gasteiger partial charge is 0.208 e. The Hall–Kier alpha value is -0.330. The third kappa shape index (κ3) is 5.28. The van der Waals surface area contributed by atoms with Crippen molar-refractivity contribution in [2.75, 3.05) is 37.8 Å². The van der Waals surface area contributed by atoms with Crippen LogP contribution in [0.5, 0.6) is 0 Å². The van der Waals surface area contributed by atoms with E-state index in [1.54, 1.807) is 23.1 Å². The van der Waals surface area contributed by atoms with E-state index in [1.165, 1.54) is 38.6 Å². The molecule has 4 nitrogen and oxygen atoms in total. The summed E-state index contributed by atoms with van der Waals surface area (Å²) in [6.07, 6.45) is 7.14. The zero-order chi connectivity index (χ0) is 13.5. The molecule has 1 saturated carbocycles. The summed E-state index contributed by atoms with van der Waals surface area (Å²) >= 11 is 3.47. The average Bonchev–Trinajstić information content (AvgIpc) is 2.89. The number of nitrogens with zero attached hydrogens (tertiary/aromatic N) is 3. The number of thioether (sulfide) groups is 1. The molecule has 0 aliphatic heterocycles. The van der Waals surface area contributed by atoms with E-state index < -0.39 is 0 Å². The lowest BCUT2D eigenvalue weighted by molar-refractivity contribution is 0.345. The molecule has 0 saturated heterocycles. The van der Waals surface area contributed by atoms with Gasteiger partial charge in [0.1, 0.15) is 0 Å². The summed E-state index contributed by atoms with van der Waals surface area (Å²) in [6.45, 7) is 2.26. The van der Waals surface area contributed by atoms with Crippen LogP contribution in [0.3, 0.4) is 0 Å². The number of hydrogen-bond acceptors (Lipinski definition) is 6.